The molecule has 3 heteroatoms. The number of rotatable bonds is 1. The zero-order chi connectivity index (χ0) is 8.43. The highest BCUT2D eigenvalue weighted by molar-refractivity contribution is 5.94. The maximum absolute atomic E-state index is 10.8. The van der Waals surface area contributed by atoms with Gasteiger partial charge in [-0.15, -0.1) is 0 Å². The summed E-state index contributed by atoms with van der Waals surface area (Å²) in [5.41, 5.74) is 1.10. The predicted molar refractivity (Wildman–Crippen MR) is 40.1 cm³/mol. The van der Waals surface area contributed by atoms with Crippen molar-refractivity contribution < 1.29 is 4.79 Å². The van der Waals surface area contributed by atoms with Gasteiger partial charge in [0, 0.05) is 18.8 Å². The number of ketones is 1. The molecule has 11 heavy (non-hydrogen) atoms. The molecule has 1 aromatic rings. The van der Waals surface area contributed by atoms with Gasteiger partial charge in [0.1, 0.15) is 11.8 Å². The van der Waals surface area contributed by atoms with Gasteiger partial charge in [-0.25, -0.2) is 0 Å². The molecule has 0 aliphatic rings. The summed E-state index contributed by atoms with van der Waals surface area (Å²) in [5, 5.41) is 8.53. The first-order valence-corrected chi connectivity index (χ1v) is 3.22. The summed E-state index contributed by atoms with van der Waals surface area (Å²) in [5.74, 6) is -0.0119. The molecule has 0 aliphatic heterocycles. The Labute approximate surface area is 64.9 Å². The Morgan fingerprint density at radius 2 is 2.36 bits per heavy atom. The number of aromatic nitrogens is 1. The van der Waals surface area contributed by atoms with Gasteiger partial charge in [-0.3, -0.25) is 4.79 Å². The lowest BCUT2D eigenvalue weighted by atomic mass is 10.2. The maximum atomic E-state index is 10.8. The van der Waals surface area contributed by atoms with Gasteiger partial charge < -0.3 is 4.57 Å². The molecule has 0 bridgehead atoms. The summed E-state index contributed by atoms with van der Waals surface area (Å²) in [6, 6.07) is 3.57. The van der Waals surface area contributed by atoms with E-state index in [0.717, 1.165) is 0 Å². The number of nitriles is 1. The van der Waals surface area contributed by atoms with E-state index >= 15 is 0 Å². The van der Waals surface area contributed by atoms with Gasteiger partial charge in [0.2, 0.25) is 0 Å². The minimum absolute atomic E-state index is 0.0119. The fourth-order valence-corrected chi connectivity index (χ4v) is 0.868. The van der Waals surface area contributed by atoms with Crippen molar-refractivity contribution in [3.8, 4) is 6.07 Å². The Kier molecular flexibility index (Phi) is 1.77. The number of carbonyl (C=O) groups is 1. The van der Waals surface area contributed by atoms with E-state index in [1.54, 1.807) is 23.9 Å². The summed E-state index contributed by atoms with van der Waals surface area (Å²) >= 11 is 0. The zero-order valence-corrected chi connectivity index (χ0v) is 6.46. The van der Waals surface area contributed by atoms with E-state index in [2.05, 4.69) is 0 Å². The monoisotopic (exact) mass is 148 g/mol. The summed E-state index contributed by atoms with van der Waals surface area (Å²) in [6.45, 7) is 1.48. The lowest BCUT2D eigenvalue weighted by molar-refractivity contribution is 0.101. The molecular formula is C8H8N2O. The fraction of sp³-hybridized carbons (Fsp3) is 0.250. The van der Waals surface area contributed by atoms with E-state index in [4.69, 9.17) is 5.26 Å². The number of aryl methyl sites for hydroxylation is 1. The van der Waals surface area contributed by atoms with Crippen LogP contribution in [0.25, 0.3) is 0 Å². The van der Waals surface area contributed by atoms with Crippen LogP contribution in [0.15, 0.2) is 12.3 Å². The number of hydrogen-bond acceptors (Lipinski definition) is 2. The van der Waals surface area contributed by atoms with Gasteiger partial charge in [0.15, 0.2) is 5.78 Å². The van der Waals surface area contributed by atoms with Crippen LogP contribution in [0.2, 0.25) is 0 Å². The molecule has 1 aromatic heterocycles. The Hall–Kier alpha value is -1.56. The van der Waals surface area contributed by atoms with Crippen LogP contribution in [-0.4, -0.2) is 10.4 Å². The second-order valence-electron chi connectivity index (χ2n) is 2.39. The van der Waals surface area contributed by atoms with Crippen molar-refractivity contribution in [2.45, 2.75) is 6.92 Å². The Balaban J connectivity index is 3.18. The third kappa shape index (κ3) is 1.30. The van der Waals surface area contributed by atoms with Crippen LogP contribution in [0.4, 0.5) is 0 Å². The smallest absolute Gasteiger partial charge is 0.161 e. The van der Waals surface area contributed by atoms with Crippen LogP contribution in [-0.2, 0) is 7.05 Å². The minimum Gasteiger partial charge on any atom is -0.342 e. The lowest BCUT2D eigenvalue weighted by Crippen LogP contribution is -1.89. The number of Topliss-reactive ketones (excluding diaryl/α,β-unsaturated/α-hetero) is 1. The van der Waals surface area contributed by atoms with Crippen molar-refractivity contribution in [2.75, 3.05) is 0 Å². The standard InChI is InChI=1S/C8H8N2O/c1-6(11)7-3-8(4-9)10(2)5-7/h3,5H,1-2H3. The normalized spacial score (nSPS) is 9.18. The third-order valence-corrected chi connectivity index (χ3v) is 1.53. The van der Waals surface area contributed by atoms with Gasteiger partial charge >= 0.3 is 0 Å². The van der Waals surface area contributed by atoms with Crippen LogP contribution >= 0.6 is 0 Å². The van der Waals surface area contributed by atoms with E-state index in [-0.39, 0.29) is 5.78 Å². The number of nitrogens with zero attached hydrogens (tertiary/aromatic N) is 2. The highest BCUT2D eigenvalue weighted by Gasteiger charge is 2.04. The van der Waals surface area contributed by atoms with Crippen LogP contribution in [0.1, 0.15) is 23.0 Å². The van der Waals surface area contributed by atoms with E-state index in [1.165, 1.54) is 6.92 Å². The second-order valence-corrected chi connectivity index (χ2v) is 2.39. The lowest BCUT2D eigenvalue weighted by Gasteiger charge is -1.87. The molecule has 3 nitrogen and oxygen atoms in total. The van der Waals surface area contributed by atoms with Gasteiger partial charge in [0.05, 0.1) is 0 Å². The van der Waals surface area contributed by atoms with E-state index in [1.807, 2.05) is 6.07 Å². The van der Waals surface area contributed by atoms with Crippen LogP contribution < -0.4 is 0 Å². The van der Waals surface area contributed by atoms with Gasteiger partial charge in [-0.05, 0) is 13.0 Å². The van der Waals surface area contributed by atoms with Crippen LogP contribution in [0.3, 0.4) is 0 Å². The molecule has 0 fully saturated rings. The van der Waals surface area contributed by atoms with Crippen molar-refractivity contribution in [1.29, 1.82) is 5.26 Å². The second kappa shape index (κ2) is 2.59. The minimum atomic E-state index is -0.0119. The summed E-state index contributed by atoms with van der Waals surface area (Å²) < 4.78 is 1.64. The largest absolute Gasteiger partial charge is 0.342 e. The van der Waals surface area contributed by atoms with Gasteiger partial charge in [-0.1, -0.05) is 0 Å². The molecular weight excluding hydrogens is 140 g/mol. The first kappa shape index (κ1) is 7.55. The highest BCUT2D eigenvalue weighted by atomic mass is 16.1. The van der Waals surface area contributed by atoms with Crippen molar-refractivity contribution in [2.24, 2.45) is 7.05 Å². The van der Waals surface area contributed by atoms with Crippen LogP contribution in [0, 0.1) is 11.3 Å². The molecule has 0 aromatic carbocycles. The van der Waals surface area contributed by atoms with Crippen molar-refractivity contribution >= 4 is 5.78 Å². The highest BCUT2D eigenvalue weighted by Crippen LogP contribution is 2.05. The van der Waals surface area contributed by atoms with Crippen molar-refractivity contribution in [1.82, 2.24) is 4.57 Å². The van der Waals surface area contributed by atoms with E-state index in [9.17, 15) is 4.79 Å². The molecule has 0 unspecified atom stereocenters. The number of carbonyl (C=O) groups excluding carboxylic acids is 1. The maximum Gasteiger partial charge on any atom is 0.161 e. The first-order chi connectivity index (χ1) is 5.15. The Bertz CT molecular complexity index is 330. The molecule has 1 heterocycles. The molecule has 0 amide bonds. The average Bonchev–Trinajstić information content (AvgIpc) is 2.31. The molecule has 0 atom stereocenters. The third-order valence-electron chi connectivity index (χ3n) is 1.53. The molecule has 0 saturated carbocycles. The van der Waals surface area contributed by atoms with Crippen molar-refractivity contribution in [3.05, 3.63) is 23.5 Å². The zero-order valence-electron chi connectivity index (χ0n) is 6.46. The van der Waals surface area contributed by atoms with Gasteiger partial charge in [0.25, 0.3) is 0 Å². The topological polar surface area (TPSA) is 45.8 Å². The Morgan fingerprint density at radius 1 is 1.73 bits per heavy atom. The summed E-state index contributed by atoms with van der Waals surface area (Å²) in [6.07, 6.45) is 1.65. The van der Waals surface area contributed by atoms with E-state index < -0.39 is 0 Å². The quantitative estimate of drug-likeness (QED) is 0.560. The summed E-state index contributed by atoms with van der Waals surface area (Å²) in [4.78, 5) is 10.8. The molecule has 0 radical (unpaired) electrons. The van der Waals surface area contributed by atoms with E-state index in [0.29, 0.717) is 11.3 Å². The Morgan fingerprint density at radius 3 is 2.64 bits per heavy atom. The molecule has 1 rings (SSSR count). The van der Waals surface area contributed by atoms with Crippen LogP contribution in [0.5, 0.6) is 0 Å². The first-order valence-electron chi connectivity index (χ1n) is 3.22. The van der Waals surface area contributed by atoms with Gasteiger partial charge in [-0.2, -0.15) is 5.26 Å². The number of hydrogen-bond donors (Lipinski definition) is 0. The molecule has 0 spiro atoms. The predicted octanol–water partition coefficient (Wildman–Crippen LogP) is 1.10. The molecule has 0 N–H and O–H groups in total. The SMILES string of the molecule is CC(=O)c1cc(C#N)n(C)c1. The fourth-order valence-electron chi connectivity index (χ4n) is 0.868. The molecule has 0 saturated heterocycles. The molecule has 56 valence electrons. The molecule has 0 aliphatic carbocycles. The average molecular weight is 148 g/mol. The summed E-state index contributed by atoms with van der Waals surface area (Å²) in [7, 11) is 1.74. The van der Waals surface area contributed by atoms with Crippen molar-refractivity contribution in [3.63, 3.8) is 0 Å².